The molecule has 0 bridgehead atoms. The lowest BCUT2D eigenvalue weighted by molar-refractivity contribution is -0.0508. The van der Waals surface area contributed by atoms with Crippen LogP contribution >= 0.6 is 11.6 Å². The Morgan fingerprint density at radius 2 is 2.17 bits per heavy atom. The molecule has 1 aromatic carbocycles. The second-order valence-corrected chi connectivity index (χ2v) is 4.72. The van der Waals surface area contributed by atoms with Crippen molar-refractivity contribution in [3.8, 4) is 5.75 Å². The van der Waals surface area contributed by atoms with Crippen molar-refractivity contribution >= 4 is 11.6 Å². The molecule has 1 atom stereocenters. The molecule has 1 aliphatic heterocycles. The minimum atomic E-state index is 0.0565. The highest BCUT2D eigenvalue weighted by Crippen LogP contribution is 2.16. The van der Waals surface area contributed by atoms with Crippen LogP contribution in [-0.2, 0) is 4.74 Å². The van der Waals surface area contributed by atoms with Gasteiger partial charge < -0.3 is 14.6 Å². The SMILES string of the molecule is OCCN1CCOC(COc2ccc(Cl)cc2)C1. The van der Waals surface area contributed by atoms with Crippen LogP contribution in [0.3, 0.4) is 0 Å². The van der Waals surface area contributed by atoms with Gasteiger partial charge in [0.15, 0.2) is 0 Å². The van der Waals surface area contributed by atoms with E-state index in [-0.39, 0.29) is 12.7 Å². The van der Waals surface area contributed by atoms with Crippen molar-refractivity contribution in [1.29, 1.82) is 0 Å². The second-order valence-electron chi connectivity index (χ2n) is 4.28. The summed E-state index contributed by atoms with van der Waals surface area (Å²) in [6, 6.07) is 7.29. The van der Waals surface area contributed by atoms with Gasteiger partial charge in [-0.15, -0.1) is 0 Å². The van der Waals surface area contributed by atoms with Crippen molar-refractivity contribution in [3.63, 3.8) is 0 Å². The number of nitrogens with zero attached hydrogens (tertiary/aromatic N) is 1. The van der Waals surface area contributed by atoms with Crippen molar-refractivity contribution in [3.05, 3.63) is 29.3 Å². The summed E-state index contributed by atoms with van der Waals surface area (Å²) in [5.41, 5.74) is 0. The van der Waals surface area contributed by atoms with Gasteiger partial charge in [0.05, 0.1) is 13.2 Å². The van der Waals surface area contributed by atoms with E-state index >= 15 is 0 Å². The average molecular weight is 272 g/mol. The van der Waals surface area contributed by atoms with E-state index in [9.17, 15) is 0 Å². The number of hydrogen-bond acceptors (Lipinski definition) is 4. The van der Waals surface area contributed by atoms with Crippen LogP contribution in [-0.4, -0.2) is 55.6 Å². The molecule has 18 heavy (non-hydrogen) atoms. The van der Waals surface area contributed by atoms with Gasteiger partial charge in [-0.3, -0.25) is 4.90 Å². The van der Waals surface area contributed by atoms with Crippen LogP contribution in [0.1, 0.15) is 0 Å². The van der Waals surface area contributed by atoms with Crippen LogP contribution in [0, 0.1) is 0 Å². The van der Waals surface area contributed by atoms with Gasteiger partial charge in [-0.1, -0.05) is 11.6 Å². The average Bonchev–Trinajstić information content (AvgIpc) is 2.39. The van der Waals surface area contributed by atoms with Crippen LogP contribution in [0.15, 0.2) is 24.3 Å². The first-order chi connectivity index (χ1) is 8.78. The lowest BCUT2D eigenvalue weighted by Crippen LogP contribution is -2.45. The largest absolute Gasteiger partial charge is 0.491 e. The van der Waals surface area contributed by atoms with E-state index in [1.807, 2.05) is 12.1 Å². The number of aliphatic hydroxyl groups is 1. The van der Waals surface area contributed by atoms with Gasteiger partial charge in [0.25, 0.3) is 0 Å². The van der Waals surface area contributed by atoms with Gasteiger partial charge in [-0.2, -0.15) is 0 Å². The van der Waals surface area contributed by atoms with Gasteiger partial charge in [0, 0.05) is 24.7 Å². The van der Waals surface area contributed by atoms with Crippen molar-refractivity contribution in [2.24, 2.45) is 0 Å². The lowest BCUT2D eigenvalue weighted by atomic mass is 10.3. The molecule has 0 spiro atoms. The molecule has 1 heterocycles. The summed E-state index contributed by atoms with van der Waals surface area (Å²) in [5.74, 6) is 0.794. The smallest absolute Gasteiger partial charge is 0.119 e. The molecule has 0 saturated carbocycles. The van der Waals surface area contributed by atoms with E-state index in [0.717, 1.165) is 18.8 Å². The molecule has 1 aliphatic rings. The fourth-order valence-electron chi connectivity index (χ4n) is 1.95. The van der Waals surface area contributed by atoms with Crippen molar-refractivity contribution in [2.45, 2.75) is 6.10 Å². The molecular weight excluding hydrogens is 254 g/mol. The highest BCUT2D eigenvalue weighted by atomic mass is 35.5. The molecular formula is C13H18ClNO3. The topological polar surface area (TPSA) is 41.9 Å². The third-order valence-electron chi connectivity index (χ3n) is 2.89. The summed E-state index contributed by atoms with van der Waals surface area (Å²) >= 11 is 5.80. The molecule has 0 aliphatic carbocycles. The third kappa shape index (κ3) is 4.14. The fraction of sp³-hybridized carbons (Fsp3) is 0.538. The molecule has 1 unspecified atom stereocenters. The predicted octanol–water partition coefficient (Wildman–Crippen LogP) is 1.41. The molecule has 5 heteroatoms. The van der Waals surface area contributed by atoms with Crippen molar-refractivity contribution in [1.82, 2.24) is 4.90 Å². The normalized spacial score (nSPS) is 20.9. The quantitative estimate of drug-likeness (QED) is 0.879. The van der Waals surface area contributed by atoms with Gasteiger partial charge in [-0.05, 0) is 24.3 Å². The maximum absolute atomic E-state index is 8.91. The Hall–Kier alpha value is -0.810. The number of benzene rings is 1. The number of β-amino-alcohol motifs (C(OH)–C–C–N with tert-alkyl or cyclic N) is 1. The van der Waals surface area contributed by atoms with E-state index in [1.54, 1.807) is 12.1 Å². The second kappa shape index (κ2) is 6.95. The molecule has 2 rings (SSSR count). The van der Waals surface area contributed by atoms with Crippen LogP contribution in [0.4, 0.5) is 0 Å². The monoisotopic (exact) mass is 271 g/mol. The zero-order valence-electron chi connectivity index (χ0n) is 10.2. The Kier molecular flexibility index (Phi) is 5.26. The highest BCUT2D eigenvalue weighted by molar-refractivity contribution is 6.30. The molecule has 0 aromatic heterocycles. The van der Waals surface area contributed by atoms with Gasteiger partial charge in [0.1, 0.15) is 18.5 Å². The van der Waals surface area contributed by atoms with E-state index in [1.165, 1.54) is 0 Å². The predicted molar refractivity (Wildman–Crippen MR) is 70.2 cm³/mol. The first-order valence-electron chi connectivity index (χ1n) is 6.11. The zero-order valence-corrected chi connectivity index (χ0v) is 11.0. The summed E-state index contributed by atoms with van der Waals surface area (Å²) < 4.78 is 11.3. The minimum absolute atomic E-state index is 0.0565. The van der Waals surface area contributed by atoms with E-state index in [2.05, 4.69) is 4.90 Å². The number of morpholine rings is 1. The lowest BCUT2D eigenvalue weighted by Gasteiger charge is -2.32. The number of aliphatic hydroxyl groups excluding tert-OH is 1. The Morgan fingerprint density at radius 3 is 2.89 bits per heavy atom. The highest BCUT2D eigenvalue weighted by Gasteiger charge is 2.20. The zero-order chi connectivity index (χ0) is 12.8. The third-order valence-corrected chi connectivity index (χ3v) is 3.14. The van der Waals surface area contributed by atoms with E-state index < -0.39 is 0 Å². The molecule has 0 radical (unpaired) electrons. The Bertz CT molecular complexity index is 356. The molecule has 100 valence electrons. The van der Waals surface area contributed by atoms with Crippen molar-refractivity contribution in [2.75, 3.05) is 39.5 Å². The standard InChI is InChI=1S/C13H18ClNO3/c14-11-1-3-12(4-2-11)18-10-13-9-15(5-7-16)6-8-17-13/h1-4,13,16H,5-10H2. The Morgan fingerprint density at radius 1 is 1.39 bits per heavy atom. The molecule has 0 amide bonds. The van der Waals surface area contributed by atoms with Crippen LogP contribution < -0.4 is 4.74 Å². The Labute approximate surface area is 112 Å². The minimum Gasteiger partial charge on any atom is -0.491 e. The van der Waals surface area contributed by atoms with Crippen LogP contribution in [0.25, 0.3) is 0 Å². The van der Waals surface area contributed by atoms with Gasteiger partial charge in [0.2, 0.25) is 0 Å². The maximum atomic E-state index is 8.91. The summed E-state index contributed by atoms with van der Waals surface area (Å²) in [5, 5.41) is 9.61. The number of ether oxygens (including phenoxy) is 2. The molecule has 1 saturated heterocycles. The molecule has 1 N–H and O–H groups in total. The molecule has 1 aromatic rings. The van der Waals surface area contributed by atoms with Crippen LogP contribution in [0.2, 0.25) is 5.02 Å². The number of halogens is 1. The van der Waals surface area contributed by atoms with Crippen molar-refractivity contribution < 1.29 is 14.6 Å². The van der Waals surface area contributed by atoms with Gasteiger partial charge in [-0.25, -0.2) is 0 Å². The fourth-order valence-corrected chi connectivity index (χ4v) is 2.07. The first kappa shape index (κ1) is 13.6. The Balaban J connectivity index is 1.77. The first-order valence-corrected chi connectivity index (χ1v) is 6.49. The summed E-state index contributed by atoms with van der Waals surface area (Å²) in [7, 11) is 0. The summed E-state index contributed by atoms with van der Waals surface area (Å²) in [6.45, 7) is 3.76. The summed E-state index contributed by atoms with van der Waals surface area (Å²) in [4.78, 5) is 2.18. The van der Waals surface area contributed by atoms with Crippen LogP contribution in [0.5, 0.6) is 5.75 Å². The molecule has 1 fully saturated rings. The van der Waals surface area contributed by atoms with E-state index in [0.29, 0.717) is 24.8 Å². The maximum Gasteiger partial charge on any atom is 0.119 e. The number of hydrogen-bond donors (Lipinski definition) is 1. The molecule has 4 nitrogen and oxygen atoms in total. The number of rotatable bonds is 5. The summed E-state index contributed by atoms with van der Waals surface area (Å²) in [6.07, 6.45) is 0.0565. The van der Waals surface area contributed by atoms with Gasteiger partial charge >= 0.3 is 0 Å². The van der Waals surface area contributed by atoms with E-state index in [4.69, 9.17) is 26.2 Å².